The molecule has 4 rings (SSSR count). The van der Waals surface area contributed by atoms with Gasteiger partial charge in [0.15, 0.2) is 5.69 Å². The van der Waals surface area contributed by atoms with E-state index in [1.807, 2.05) is 44.2 Å². The zero-order valence-electron chi connectivity index (χ0n) is 14.7. The minimum Gasteiger partial charge on any atom is -0.347 e. The van der Waals surface area contributed by atoms with E-state index in [0.29, 0.717) is 5.52 Å². The van der Waals surface area contributed by atoms with E-state index in [4.69, 9.17) is 0 Å². The molecule has 132 valence electrons. The van der Waals surface area contributed by atoms with Crippen LogP contribution in [0.15, 0.2) is 42.6 Å². The van der Waals surface area contributed by atoms with Crippen molar-refractivity contribution in [1.82, 2.24) is 14.7 Å². The Hall–Kier alpha value is -3.15. The molecule has 0 saturated heterocycles. The van der Waals surface area contributed by atoms with Gasteiger partial charge in [-0.1, -0.05) is 18.2 Å². The van der Waals surface area contributed by atoms with E-state index in [1.165, 1.54) is 0 Å². The number of imidazole rings is 1. The lowest BCUT2D eigenvalue weighted by Gasteiger charge is -2.09. The number of rotatable bonds is 4. The van der Waals surface area contributed by atoms with E-state index in [9.17, 15) is 9.59 Å². The first-order valence-electron chi connectivity index (χ1n) is 8.70. The van der Waals surface area contributed by atoms with Crippen molar-refractivity contribution in [1.29, 1.82) is 0 Å². The third kappa shape index (κ3) is 2.94. The highest BCUT2D eigenvalue weighted by Crippen LogP contribution is 2.22. The summed E-state index contributed by atoms with van der Waals surface area (Å²) in [7, 11) is 0. The first-order chi connectivity index (χ1) is 12.5. The molecular formula is C20H20N4O2. The molecular weight excluding hydrogens is 328 g/mol. The fourth-order valence-corrected chi connectivity index (χ4v) is 2.91. The van der Waals surface area contributed by atoms with Crippen LogP contribution in [0.2, 0.25) is 0 Å². The molecule has 1 fully saturated rings. The van der Waals surface area contributed by atoms with E-state index in [1.54, 1.807) is 16.7 Å². The number of aryl methyl sites for hydroxylation is 1. The van der Waals surface area contributed by atoms with Crippen LogP contribution in [0.5, 0.6) is 0 Å². The number of hydrogen-bond acceptors (Lipinski definition) is 3. The first kappa shape index (κ1) is 16.3. The number of fused-ring (bicyclic) bond motifs is 1. The minimum absolute atomic E-state index is 0.228. The summed E-state index contributed by atoms with van der Waals surface area (Å²) >= 11 is 0. The second-order valence-corrected chi connectivity index (χ2v) is 6.69. The maximum absolute atomic E-state index is 12.8. The van der Waals surface area contributed by atoms with Crippen molar-refractivity contribution in [3.8, 4) is 0 Å². The molecule has 26 heavy (non-hydrogen) atoms. The van der Waals surface area contributed by atoms with Crippen LogP contribution in [-0.4, -0.2) is 27.2 Å². The van der Waals surface area contributed by atoms with Crippen LogP contribution >= 0.6 is 0 Å². The average Bonchev–Trinajstić information content (AvgIpc) is 3.35. The van der Waals surface area contributed by atoms with Gasteiger partial charge >= 0.3 is 0 Å². The fraction of sp³-hybridized carbons (Fsp3) is 0.250. The lowest BCUT2D eigenvalue weighted by Crippen LogP contribution is -2.27. The van der Waals surface area contributed by atoms with E-state index in [0.717, 1.165) is 29.7 Å². The normalized spacial score (nSPS) is 13.6. The van der Waals surface area contributed by atoms with Gasteiger partial charge < -0.3 is 10.6 Å². The second kappa shape index (κ2) is 6.29. The third-order valence-corrected chi connectivity index (χ3v) is 4.73. The molecule has 0 unspecified atom stereocenters. The summed E-state index contributed by atoms with van der Waals surface area (Å²) in [5.74, 6) is -0.342. The van der Waals surface area contributed by atoms with Gasteiger partial charge in [-0.3, -0.25) is 14.0 Å². The molecule has 0 spiro atoms. The average molecular weight is 348 g/mol. The van der Waals surface area contributed by atoms with Gasteiger partial charge in [0, 0.05) is 17.9 Å². The van der Waals surface area contributed by atoms with Gasteiger partial charge in [0.05, 0.1) is 5.52 Å². The number of anilines is 1. The summed E-state index contributed by atoms with van der Waals surface area (Å²) in [5.41, 5.74) is 3.71. The summed E-state index contributed by atoms with van der Waals surface area (Å²) in [4.78, 5) is 29.7. The predicted octanol–water partition coefficient (Wildman–Crippen LogP) is 3.10. The standard InChI is InChI=1S/C20H20N4O2/c1-12-6-5-7-15(13(12)2)22-19(25)17-16-8-3-4-11-24(16)18(23-17)20(26)21-14-9-10-14/h3-8,11,14H,9-10H2,1-2H3,(H,21,26)(H,22,25). The Labute approximate surface area is 151 Å². The molecule has 0 bridgehead atoms. The second-order valence-electron chi connectivity index (χ2n) is 6.69. The highest BCUT2D eigenvalue weighted by Gasteiger charge is 2.27. The summed E-state index contributed by atoms with van der Waals surface area (Å²) < 4.78 is 1.66. The van der Waals surface area contributed by atoms with Gasteiger partial charge in [0.2, 0.25) is 5.82 Å². The monoisotopic (exact) mass is 348 g/mol. The zero-order chi connectivity index (χ0) is 18.3. The van der Waals surface area contributed by atoms with Gasteiger partial charge in [-0.2, -0.15) is 0 Å². The molecule has 1 aliphatic carbocycles. The van der Waals surface area contributed by atoms with E-state index in [2.05, 4.69) is 15.6 Å². The molecule has 6 nitrogen and oxygen atoms in total. The lowest BCUT2D eigenvalue weighted by atomic mass is 10.1. The summed E-state index contributed by atoms with van der Waals surface area (Å²) in [5, 5.41) is 5.85. The SMILES string of the molecule is Cc1cccc(NC(=O)c2nc(C(=O)NC3CC3)n3ccccc23)c1C. The summed E-state index contributed by atoms with van der Waals surface area (Å²) in [6.45, 7) is 3.96. The summed E-state index contributed by atoms with van der Waals surface area (Å²) in [6, 6.07) is 11.4. The van der Waals surface area contributed by atoms with Gasteiger partial charge in [-0.15, -0.1) is 0 Å². The quantitative estimate of drug-likeness (QED) is 0.761. The Kier molecular flexibility index (Phi) is 3.95. The number of nitrogens with one attached hydrogen (secondary N) is 2. The van der Waals surface area contributed by atoms with Crippen LogP contribution < -0.4 is 10.6 Å². The number of aromatic nitrogens is 2. The van der Waals surface area contributed by atoms with E-state index in [-0.39, 0.29) is 29.4 Å². The molecule has 3 aromatic rings. The molecule has 1 aliphatic rings. The Morgan fingerprint density at radius 2 is 1.88 bits per heavy atom. The van der Waals surface area contributed by atoms with E-state index < -0.39 is 0 Å². The predicted molar refractivity (Wildman–Crippen MR) is 99.5 cm³/mol. The largest absolute Gasteiger partial charge is 0.347 e. The van der Waals surface area contributed by atoms with Gasteiger partial charge in [-0.05, 0) is 56.0 Å². The van der Waals surface area contributed by atoms with Crippen LogP contribution in [0, 0.1) is 13.8 Å². The molecule has 1 aromatic carbocycles. The van der Waals surface area contributed by atoms with Crippen molar-refractivity contribution in [2.24, 2.45) is 0 Å². The molecule has 2 amide bonds. The van der Waals surface area contributed by atoms with Crippen molar-refractivity contribution in [2.75, 3.05) is 5.32 Å². The van der Waals surface area contributed by atoms with Crippen molar-refractivity contribution < 1.29 is 9.59 Å². The van der Waals surface area contributed by atoms with Gasteiger partial charge in [0.1, 0.15) is 0 Å². The van der Waals surface area contributed by atoms with Gasteiger partial charge in [0.25, 0.3) is 11.8 Å². The number of pyridine rings is 1. The molecule has 0 radical (unpaired) electrons. The highest BCUT2D eigenvalue weighted by molar-refractivity contribution is 6.09. The van der Waals surface area contributed by atoms with Crippen molar-refractivity contribution in [3.05, 3.63) is 65.2 Å². The molecule has 2 aromatic heterocycles. The van der Waals surface area contributed by atoms with Crippen molar-refractivity contribution in [2.45, 2.75) is 32.7 Å². The number of hydrogen-bond donors (Lipinski definition) is 2. The van der Waals surface area contributed by atoms with Crippen LogP contribution in [0.25, 0.3) is 5.52 Å². The molecule has 0 aliphatic heterocycles. The minimum atomic E-state index is -0.326. The molecule has 2 heterocycles. The Bertz CT molecular complexity index is 1020. The number of nitrogens with zero attached hydrogens (tertiary/aromatic N) is 2. The molecule has 0 atom stereocenters. The third-order valence-electron chi connectivity index (χ3n) is 4.73. The molecule has 2 N–H and O–H groups in total. The number of carbonyl (C=O) groups excluding carboxylic acids is 2. The van der Waals surface area contributed by atoms with Crippen LogP contribution in [-0.2, 0) is 0 Å². The number of carbonyl (C=O) groups is 2. The van der Waals surface area contributed by atoms with Crippen molar-refractivity contribution in [3.63, 3.8) is 0 Å². The lowest BCUT2D eigenvalue weighted by molar-refractivity contribution is 0.0940. The van der Waals surface area contributed by atoms with Gasteiger partial charge in [-0.25, -0.2) is 4.98 Å². The van der Waals surface area contributed by atoms with Crippen molar-refractivity contribution >= 4 is 23.0 Å². The number of amides is 2. The van der Waals surface area contributed by atoms with Crippen LogP contribution in [0.4, 0.5) is 5.69 Å². The maximum atomic E-state index is 12.8. The molecule has 1 saturated carbocycles. The first-order valence-corrected chi connectivity index (χ1v) is 8.70. The van der Waals surface area contributed by atoms with Crippen LogP contribution in [0.3, 0.4) is 0 Å². The summed E-state index contributed by atoms with van der Waals surface area (Å²) in [6.07, 6.45) is 3.74. The smallest absolute Gasteiger partial charge is 0.287 e. The van der Waals surface area contributed by atoms with Crippen LogP contribution in [0.1, 0.15) is 45.1 Å². The Morgan fingerprint density at radius 1 is 1.08 bits per heavy atom. The number of benzene rings is 1. The highest BCUT2D eigenvalue weighted by atomic mass is 16.2. The fourth-order valence-electron chi connectivity index (χ4n) is 2.91. The molecule has 6 heteroatoms. The van der Waals surface area contributed by atoms with E-state index >= 15 is 0 Å². The zero-order valence-corrected chi connectivity index (χ0v) is 14.7. The Morgan fingerprint density at radius 3 is 2.65 bits per heavy atom. The topological polar surface area (TPSA) is 75.5 Å². The maximum Gasteiger partial charge on any atom is 0.287 e. The Balaban J connectivity index is 1.70.